The van der Waals surface area contributed by atoms with Gasteiger partial charge in [-0.2, -0.15) is 0 Å². The van der Waals surface area contributed by atoms with Crippen molar-refractivity contribution in [2.24, 2.45) is 5.92 Å². The summed E-state index contributed by atoms with van der Waals surface area (Å²) in [6, 6.07) is 3.96. The van der Waals surface area contributed by atoms with Gasteiger partial charge in [-0.3, -0.25) is 0 Å². The van der Waals surface area contributed by atoms with E-state index in [1.54, 1.807) is 6.26 Å². The third kappa shape index (κ3) is 3.84. The fraction of sp³-hybridized carbons (Fsp3) is 0.667. The van der Waals surface area contributed by atoms with Gasteiger partial charge < -0.3 is 8.84 Å². The average Bonchev–Trinajstić information content (AvgIpc) is 2.79. The van der Waals surface area contributed by atoms with Crippen LogP contribution in [-0.2, 0) is 4.43 Å². The van der Waals surface area contributed by atoms with Gasteiger partial charge in [-0.25, -0.2) is 0 Å². The van der Waals surface area contributed by atoms with Crippen molar-refractivity contribution >= 4 is 15.1 Å². The van der Waals surface area contributed by atoms with E-state index in [1.165, 1.54) is 38.5 Å². The van der Waals surface area contributed by atoms with Gasteiger partial charge in [-0.15, -0.1) is 0 Å². The average molecular weight is 224 g/mol. The van der Waals surface area contributed by atoms with Crippen molar-refractivity contribution in [3.63, 3.8) is 0 Å². The topological polar surface area (TPSA) is 22.4 Å². The first kappa shape index (κ1) is 11.0. The summed E-state index contributed by atoms with van der Waals surface area (Å²) in [5.74, 6) is 0.935. The molecule has 15 heavy (non-hydrogen) atoms. The minimum absolute atomic E-state index is 0.582. The molecule has 1 saturated carbocycles. The lowest BCUT2D eigenvalue weighted by Gasteiger charge is -2.21. The smallest absolute Gasteiger partial charge is 0.233 e. The third-order valence-corrected chi connectivity index (χ3v) is 4.40. The van der Waals surface area contributed by atoms with Crippen LogP contribution < -0.4 is 5.38 Å². The van der Waals surface area contributed by atoms with Crippen LogP contribution in [-0.4, -0.2) is 16.4 Å². The first-order chi connectivity index (χ1) is 7.45. The van der Waals surface area contributed by atoms with Gasteiger partial charge in [0.2, 0.25) is 9.76 Å². The Labute approximate surface area is 94.0 Å². The number of hydrogen-bond donors (Lipinski definition) is 0. The van der Waals surface area contributed by atoms with Crippen LogP contribution in [0.15, 0.2) is 22.8 Å². The van der Waals surface area contributed by atoms with Crippen molar-refractivity contribution in [2.75, 3.05) is 6.61 Å². The van der Waals surface area contributed by atoms with Crippen LogP contribution in [0, 0.1) is 5.92 Å². The highest BCUT2D eigenvalue weighted by molar-refractivity contribution is 6.44. The number of hydrogen-bond acceptors (Lipinski definition) is 2. The lowest BCUT2D eigenvalue weighted by atomic mass is 9.87. The Morgan fingerprint density at radius 1 is 1.33 bits per heavy atom. The molecule has 0 N–H and O–H groups in total. The molecule has 84 valence electrons. The van der Waals surface area contributed by atoms with Crippen LogP contribution >= 0.6 is 0 Å². The molecule has 0 aliphatic heterocycles. The van der Waals surface area contributed by atoms with E-state index in [1.807, 2.05) is 12.1 Å². The quantitative estimate of drug-likeness (QED) is 0.563. The van der Waals surface area contributed by atoms with E-state index in [-0.39, 0.29) is 0 Å². The van der Waals surface area contributed by atoms with Crippen LogP contribution in [0.2, 0.25) is 0 Å². The van der Waals surface area contributed by atoms with Crippen molar-refractivity contribution in [2.45, 2.75) is 38.5 Å². The molecular formula is C12H20O2Si. The molecule has 3 heteroatoms. The predicted octanol–water partition coefficient (Wildman–Crippen LogP) is 1.98. The van der Waals surface area contributed by atoms with E-state index in [4.69, 9.17) is 8.84 Å². The van der Waals surface area contributed by atoms with Gasteiger partial charge >= 0.3 is 0 Å². The monoisotopic (exact) mass is 224 g/mol. The Kier molecular flexibility index (Phi) is 4.48. The van der Waals surface area contributed by atoms with Crippen molar-refractivity contribution < 1.29 is 8.84 Å². The molecule has 0 amide bonds. The van der Waals surface area contributed by atoms with Gasteiger partial charge in [-0.1, -0.05) is 32.1 Å². The van der Waals surface area contributed by atoms with Crippen molar-refractivity contribution in [1.29, 1.82) is 0 Å². The summed E-state index contributed by atoms with van der Waals surface area (Å²) in [5, 5.41) is 1.07. The summed E-state index contributed by atoms with van der Waals surface area (Å²) >= 11 is 0. The molecule has 2 rings (SSSR count). The van der Waals surface area contributed by atoms with E-state index in [0.717, 1.165) is 17.9 Å². The Balaban J connectivity index is 1.54. The molecule has 0 aromatic carbocycles. The zero-order chi connectivity index (χ0) is 10.3. The lowest BCUT2D eigenvalue weighted by Crippen LogP contribution is -2.17. The summed E-state index contributed by atoms with van der Waals surface area (Å²) in [6.45, 7) is 0.942. The highest BCUT2D eigenvalue weighted by Gasteiger charge is 2.12. The van der Waals surface area contributed by atoms with Gasteiger partial charge in [0.25, 0.3) is 0 Å². The van der Waals surface area contributed by atoms with Gasteiger partial charge in [0.05, 0.1) is 6.26 Å². The van der Waals surface area contributed by atoms with Gasteiger partial charge in [0.15, 0.2) is 0 Å². The van der Waals surface area contributed by atoms with E-state index in [9.17, 15) is 0 Å². The van der Waals surface area contributed by atoms with Crippen LogP contribution in [0.25, 0.3) is 0 Å². The highest BCUT2D eigenvalue weighted by Crippen LogP contribution is 2.25. The molecule has 1 aromatic rings. The summed E-state index contributed by atoms with van der Waals surface area (Å²) < 4.78 is 11.0. The fourth-order valence-corrected chi connectivity index (χ4v) is 3.20. The van der Waals surface area contributed by atoms with Gasteiger partial charge in [0.1, 0.15) is 5.38 Å². The molecule has 1 heterocycles. The SMILES string of the molecule is c1coc([SiH2]OCCC2CCCCC2)c1. The molecule has 0 spiro atoms. The summed E-state index contributed by atoms with van der Waals surface area (Å²) in [5.41, 5.74) is 0. The second-order valence-electron chi connectivity index (χ2n) is 4.42. The molecule has 0 saturated heterocycles. The second kappa shape index (κ2) is 6.13. The maximum Gasteiger partial charge on any atom is 0.233 e. The van der Waals surface area contributed by atoms with Crippen molar-refractivity contribution in [3.05, 3.63) is 18.4 Å². The zero-order valence-electron chi connectivity index (χ0n) is 9.28. The van der Waals surface area contributed by atoms with Gasteiger partial charge in [0, 0.05) is 6.61 Å². The fourth-order valence-electron chi connectivity index (χ4n) is 2.29. The number of furan rings is 1. The largest absolute Gasteiger partial charge is 0.472 e. The standard InChI is InChI=1S/C12H20O2Si/c1-2-5-11(6-3-1)8-10-14-15-12-7-4-9-13-12/h4,7,9,11H,1-3,5-6,8,10,15H2. The molecular weight excluding hydrogens is 204 g/mol. The van der Waals surface area contributed by atoms with Crippen LogP contribution in [0.4, 0.5) is 0 Å². The van der Waals surface area contributed by atoms with E-state index >= 15 is 0 Å². The van der Waals surface area contributed by atoms with Crippen LogP contribution in [0.1, 0.15) is 38.5 Å². The van der Waals surface area contributed by atoms with Gasteiger partial charge in [-0.05, 0) is 24.5 Å². The molecule has 2 nitrogen and oxygen atoms in total. The molecule has 0 bridgehead atoms. The summed E-state index contributed by atoms with van der Waals surface area (Å²) in [6.07, 6.45) is 10.1. The predicted molar refractivity (Wildman–Crippen MR) is 64.0 cm³/mol. The maximum absolute atomic E-state index is 5.73. The molecule has 1 aliphatic rings. The molecule has 1 aliphatic carbocycles. The minimum Gasteiger partial charge on any atom is -0.472 e. The molecule has 0 atom stereocenters. The van der Waals surface area contributed by atoms with Crippen molar-refractivity contribution in [3.8, 4) is 0 Å². The Hall–Kier alpha value is -0.543. The summed E-state index contributed by atoms with van der Waals surface area (Å²) in [7, 11) is -0.582. The van der Waals surface area contributed by atoms with Crippen molar-refractivity contribution in [1.82, 2.24) is 0 Å². The van der Waals surface area contributed by atoms with E-state index in [2.05, 4.69) is 0 Å². The minimum atomic E-state index is -0.582. The van der Waals surface area contributed by atoms with E-state index in [0.29, 0.717) is 0 Å². The molecule has 0 unspecified atom stereocenters. The third-order valence-electron chi connectivity index (χ3n) is 3.22. The first-order valence-corrected chi connectivity index (χ1v) is 7.34. The first-order valence-electron chi connectivity index (χ1n) is 6.05. The Morgan fingerprint density at radius 2 is 2.20 bits per heavy atom. The van der Waals surface area contributed by atoms with Crippen LogP contribution in [0.3, 0.4) is 0 Å². The normalized spacial score (nSPS) is 18.9. The lowest BCUT2D eigenvalue weighted by molar-refractivity contribution is 0.255. The maximum atomic E-state index is 5.73. The highest BCUT2D eigenvalue weighted by atomic mass is 28.2. The zero-order valence-corrected chi connectivity index (χ0v) is 10.7. The summed E-state index contributed by atoms with van der Waals surface area (Å²) in [4.78, 5) is 0. The second-order valence-corrected chi connectivity index (χ2v) is 5.82. The molecule has 1 fully saturated rings. The Bertz CT molecular complexity index is 253. The number of rotatable bonds is 5. The molecule has 1 aromatic heterocycles. The Morgan fingerprint density at radius 3 is 2.93 bits per heavy atom. The van der Waals surface area contributed by atoms with Crippen LogP contribution in [0.5, 0.6) is 0 Å². The molecule has 0 radical (unpaired) electrons. The van der Waals surface area contributed by atoms with E-state index < -0.39 is 9.76 Å².